The van der Waals surface area contributed by atoms with E-state index >= 15 is 0 Å². The minimum absolute atomic E-state index is 0.447. The van der Waals surface area contributed by atoms with Crippen molar-refractivity contribution in [2.75, 3.05) is 0 Å². The van der Waals surface area contributed by atoms with Gasteiger partial charge in [0.15, 0.2) is 0 Å². The number of fused-ring (bicyclic) bond motifs is 1. The highest BCUT2D eigenvalue weighted by Gasteiger charge is 2.16. The highest BCUT2D eigenvalue weighted by molar-refractivity contribution is 6.16. The highest BCUT2D eigenvalue weighted by atomic mass is 35.5. The number of aryl methyl sites for hydroxylation is 1. The normalized spacial score (nSPS) is 13.4. The van der Waals surface area contributed by atoms with E-state index in [-0.39, 0.29) is 0 Å². The van der Waals surface area contributed by atoms with Crippen molar-refractivity contribution in [1.29, 1.82) is 0 Å². The molecular formula is C16H23ClN2. The van der Waals surface area contributed by atoms with Crippen LogP contribution in [-0.2, 0) is 5.88 Å². The molecule has 0 aliphatic rings. The van der Waals surface area contributed by atoms with Crippen LogP contribution in [0, 0.1) is 12.8 Å². The van der Waals surface area contributed by atoms with Gasteiger partial charge in [0.1, 0.15) is 5.82 Å². The molecule has 0 N–H and O–H groups in total. The van der Waals surface area contributed by atoms with E-state index in [4.69, 9.17) is 11.6 Å². The molecule has 0 saturated heterocycles. The van der Waals surface area contributed by atoms with Gasteiger partial charge in [0.25, 0.3) is 0 Å². The van der Waals surface area contributed by atoms with E-state index in [2.05, 4.69) is 55.4 Å². The van der Waals surface area contributed by atoms with E-state index < -0.39 is 0 Å². The summed E-state index contributed by atoms with van der Waals surface area (Å²) in [7, 11) is 0. The van der Waals surface area contributed by atoms with Crippen LogP contribution in [0.5, 0.6) is 0 Å². The summed E-state index contributed by atoms with van der Waals surface area (Å²) in [5.74, 6) is 2.19. The van der Waals surface area contributed by atoms with E-state index in [1.807, 2.05) is 0 Å². The first-order valence-electron chi connectivity index (χ1n) is 7.07. The Bertz CT molecular complexity index is 557. The molecule has 1 heterocycles. The van der Waals surface area contributed by atoms with Gasteiger partial charge in [0, 0.05) is 6.04 Å². The van der Waals surface area contributed by atoms with Crippen molar-refractivity contribution in [2.24, 2.45) is 5.92 Å². The van der Waals surface area contributed by atoms with Gasteiger partial charge in [0.2, 0.25) is 0 Å². The molecule has 0 amide bonds. The van der Waals surface area contributed by atoms with Crippen LogP contribution in [0.15, 0.2) is 18.2 Å². The van der Waals surface area contributed by atoms with Crippen LogP contribution in [0.25, 0.3) is 11.0 Å². The Labute approximate surface area is 120 Å². The molecule has 1 aromatic carbocycles. The van der Waals surface area contributed by atoms with Gasteiger partial charge in [0.05, 0.1) is 16.9 Å². The predicted molar refractivity (Wildman–Crippen MR) is 82.8 cm³/mol. The number of imidazole rings is 1. The van der Waals surface area contributed by atoms with Gasteiger partial charge in [-0.15, -0.1) is 11.6 Å². The molecule has 2 rings (SSSR count). The summed E-state index contributed by atoms with van der Waals surface area (Å²) in [6, 6.07) is 6.73. The second-order valence-corrected chi connectivity index (χ2v) is 6.06. The lowest BCUT2D eigenvalue weighted by Crippen LogP contribution is -2.10. The monoisotopic (exact) mass is 278 g/mol. The van der Waals surface area contributed by atoms with Crippen LogP contribution in [0.2, 0.25) is 0 Å². The van der Waals surface area contributed by atoms with Crippen molar-refractivity contribution < 1.29 is 0 Å². The number of aromatic nitrogens is 2. The third-order valence-corrected chi connectivity index (χ3v) is 3.95. The quantitative estimate of drug-likeness (QED) is 0.697. The Kier molecular flexibility index (Phi) is 4.51. The molecule has 0 bridgehead atoms. The van der Waals surface area contributed by atoms with Gasteiger partial charge in [-0.05, 0) is 44.2 Å². The van der Waals surface area contributed by atoms with E-state index in [9.17, 15) is 0 Å². The van der Waals surface area contributed by atoms with E-state index in [1.54, 1.807) is 0 Å². The SMILES string of the molecule is Cc1cccc2nc(CCl)n(C(C)CCC(C)C)c12. The first-order valence-corrected chi connectivity index (χ1v) is 7.60. The molecule has 19 heavy (non-hydrogen) atoms. The zero-order valence-corrected chi connectivity index (χ0v) is 13.0. The van der Waals surface area contributed by atoms with Crippen LogP contribution in [0.1, 0.15) is 51.0 Å². The minimum atomic E-state index is 0.447. The zero-order valence-electron chi connectivity index (χ0n) is 12.3. The Hall–Kier alpha value is -1.02. The van der Waals surface area contributed by atoms with Crippen LogP contribution < -0.4 is 0 Å². The molecule has 1 aromatic heterocycles. The van der Waals surface area contributed by atoms with Crippen LogP contribution in [-0.4, -0.2) is 9.55 Å². The Morgan fingerprint density at radius 3 is 2.58 bits per heavy atom. The van der Waals surface area contributed by atoms with Gasteiger partial charge < -0.3 is 4.57 Å². The molecule has 0 aliphatic heterocycles. The van der Waals surface area contributed by atoms with Gasteiger partial charge >= 0.3 is 0 Å². The fourth-order valence-corrected chi connectivity index (χ4v) is 2.83. The second kappa shape index (κ2) is 5.96. The number of alkyl halides is 1. The maximum absolute atomic E-state index is 6.08. The first kappa shape index (κ1) is 14.4. The average Bonchev–Trinajstić information content (AvgIpc) is 2.75. The summed E-state index contributed by atoms with van der Waals surface area (Å²) in [6.07, 6.45) is 2.40. The number of halogens is 1. The zero-order chi connectivity index (χ0) is 14.0. The van der Waals surface area contributed by atoms with Crippen LogP contribution in [0.4, 0.5) is 0 Å². The number of nitrogens with zero attached hydrogens (tertiary/aromatic N) is 2. The van der Waals surface area contributed by atoms with Gasteiger partial charge in [-0.2, -0.15) is 0 Å². The number of hydrogen-bond donors (Lipinski definition) is 0. The topological polar surface area (TPSA) is 17.8 Å². The number of rotatable bonds is 5. The van der Waals surface area contributed by atoms with Crippen LogP contribution in [0.3, 0.4) is 0 Å². The summed E-state index contributed by atoms with van der Waals surface area (Å²) in [5, 5.41) is 0. The van der Waals surface area contributed by atoms with E-state index in [1.165, 1.54) is 23.9 Å². The molecule has 0 saturated carbocycles. The van der Waals surface area contributed by atoms with Gasteiger partial charge in [-0.25, -0.2) is 4.98 Å². The third-order valence-electron chi connectivity index (χ3n) is 3.71. The van der Waals surface area contributed by atoms with E-state index in [0.29, 0.717) is 11.9 Å². The molecule has 2 nitrogen and oxygen atoms in total. The molecule has 0 fully saturated rings. The predicted octanol–water partition coefficient (Wildman–Crippen LogP) is 5.08. The highest BCUT2D eigenvalue weighted by Crippen LogP contribution is 2.28. The number of para-hydroxylation sites is 1. The summed E-state index contributed by atoms with van der Waals surface area (Å²) in [4.78, 5) is 4.67. The molecule has 3 heteroatoms. The van der Waals surface area contributed by atoms with Gasteiger partial charge in [-0.3, -0.25) is 0 Å². The maximum atomic E-state index is 6.08. The minimum Gasteiger partial charge on any atom is -0.324 e. The molecule has 1 atom stereocenters. The summed E-state index contributed by atoms with van der Waals surface area (Å²) < 4.78 is 2.33. The fraction of sp³-hybridized carbons (Fsp3) is 0.562. The van der Waals surface area contributed by atoms with Crippen LogP contribution >= 0.6 is 11.6 Å². The lowest BCUT2D eigenvalue weighted by atomic mass is 10.0. The number of benzene rings is 1. The van der Waals surface area contributed by atoms with Crippen molar-refractivity contribution in [1.82, 2.24) is 9.55 Å². The summed E-state index contributed by atoms with van der Waals surface area (Å²) in [6.45, 7) is 8.96. The first-order chi connectivity index (χ1) is 9.04. The molecule has 0 radical (unpaired) electrons. The smallest absolute Gasteiger partial charge is 0.125 e. The molecule has 104 valence electrons. The number of hydrogen-bond acceptors (Lipinski definition) is 1. The second-order valence-electron chi connectivity index (χ2n) is 5.79. The standard InChI is InChI=1S/C16H23ClN2/c1-11(2)8-9-13(4)19-15(10-17)18-14-7-5-6-12(3)16(14)19/h5-7,11,13H,8-10H2,1-4H3. The fourth-order valence-electron chi connectivity index (χ4n) is 2.64. The van der Waals surface area contributed by atoms with Crippen molar-refractivity contribution >= 4 is 22.6 Å². The molecular weight excluding hydrogens is 256 g/mol. The molecule has 0 spiro atoms. The largest absolute Gasteiger partial charge is 0.324 e. The Morgan fingerprint density at radius 2 is 1.95 bits per heavy atom. The van der Waals surface area contributed by atoms with Crippen molar-refractivity contribution in [3.63, 3.8) is 0 Å². The molecule has 2 aromatic rings. The third kappa shape index (κ3) is 2.94. The maximum Gasteiger partial charge on any atom is 0.125 e. The van der Waals surface area contributed by atoms with E-state index in [0.717, 1.165) is 17.3 Å². The lowest BCUT2D eigenvalue weighted by molar-refractivity contribution is 0.439. The van der Waals surface area contributed by atoms with Gasteiger partial charge in [-0.1, -0.05) is 26.0 Å². The average molecular weight is 279 g/mol. The summed E-state index contributed by atoms with van der Waals surface area (Å²) in [5.41, 5.74) is 3.58. The molecule has 1 unspecified atom stereocenters. The van der Waals surface area contributed by atoms with Crippen molar-refractivity contribution in [3.8, 4) is 0 Å². The Morgan fingerprint density at radius 1 is 1.21 bits per heavy atom. The lowest BCUT2D eigenvalue weighted by Gasteiger charge is -2.19. The van der Waals surface area contributed by atoms with Crippen molar-refractivity contribution in [2.45, 2.75) is 52.5 Å². The Balaban J connectivity index is 2.44. The van der Waals surface area contributed by atoms with Crippen molar-refractivity contribution in [3.05, 3.63) is 29.6 Å². The molecule has 0 aliphatic carbocycles. The summed E-state index contributed by atoms with van der Waals surface area (Å²) >= 11 is 6.08.